The lowest BCUT2D eigenvalue weighted by Gasteiger charge is -2.45. The summed E-state index contributed by atoms with van der Waals surface area (Å²) in [6, 6.07) is 0.728. The van der Waals surface area contributed by atoms with Crippen molar-refractivity contribution in [3.05, 3.63) is 0 Å². The van der Waals surface area contributed by atoms with Gasteiger partial charge in [-0.25, -0.2) is 0 Å². The number of amidine groups is 1. The Balaban J connectivity index is 2.00. The Bertz CT molecular complexity index is 223. The van der Waals surface area contributed by atoms with E-state index in [0.717, 1.165) is 37.2 Å². The SMILES string of the molecule is CCCC(=N)N1CCCC2CCCCC21. The summed E-state index contributed by atoms with van der Waals surface area (Å²) in [6.07, 6.45) is 10.4. The summed E-state index contributed by atoms with van der Waals surface area (Å²) in [4.78, 5) is 2.43. The van der Waals surface area contributed by atoms with Gasteiger partial charge in [-0.1, -0.05) is 19.8 Å². The molecule has 86 valence electrons. The third-order valence-corrected chi connectivity index (χ3v) is 4.08. The van der Waals surface area contributed by atoms with E-state index in [1.807, 2.05) is 0 Å². The predicted octanol–water partition coefficient (Wildman–Crippen LogP) is 3.42. The molecule has 0 radical (unpaired) electrons. The van der Waals surface area contributed by atoms with E-state index in [-0.39, 0.29) is 0 Å². The average molecular weight is 208 g/mol. The molecule has 2 aliphatic rings. The van der Waals surface area contributed by atoms with Crippen molar-refractivity contribution >= 4 is 5.84 Å². The van der Waals surface area contributed by atoms with Gasteiger partial charge in [-0.15, -0.1) is 0 Å². The molecule has 1 saturated carbocycles. The van der Waals surface area contributed by atoms with Crippen LogP contribution in [0.2, 0.25) is 0 Å². The summed E-state index contributed by atoms with van der Waals surface area (Å²) in [5, 5.41) is 8.13. The average Bonchev–Trinajstić information content (AvgIpc) is 2.28. The van der Waals surface area contributed by atoms with Crippen molar-refractivity contribution in [3.63, 3.8) is 0 Å². The maximum atomic E-state index is 8.13. The second kappa shape index (κ2) is 5.00. The van der Waals surface area contributed by atoms with Gasteiger partial charge in [-0.05, 0) is 38.0 Å². The first kappa shape index (κ1) is 11.0. The van der Waals surface area contributed by atoms with Gasteiger partial charge in [0.15, 0.2) is 0 Å². The van der Waals surface area contributed by atoms with Crippen molar-refractivity contribution < 1.29 is 0 Å². The molecular formula is C13H24N2. The molecule has 1 saturated heterocycles. The van der Waals surface area contributed by atoms with Crippen LogP contribution in [0.3, 0.4) is 0 Å². The van der Waals surface area contributed by atoms with Crippen LogP contribution in [0.25, 0.3) is 0 Å². The maximum absolute atomic E-state index is 8.13. The molecule has 0 aromatic carbocycles. The van der Waals surface area contributed by atoms with E-state index < -0.39 is 0 Å². The summed E-state index contributed by atoms with van der Waals surface area (Å²) in [5.41, 5.74) is 0. The van der Waals surface area contributed by atoms with Crippen molar-refractivity contribution in [1.29, 1.82) is 5.41 Å². The second-order valence-corrected chi connectivity index (χ2v) is 5.14. The number of nitrogens with zero attached hydrogens (tertiary/aromatic N) is 1. The fourth-order valence-corrected chi connectivity index (χ4v) is 3.34. The Labute approximate surface area is 93.6 Å². The van der Waals surface area contributed by atoms with Crippen molar-refractivity contribution in [2.75, 3.05) is 6.54 Å². The molecule has 2 unspecified atom stereocenters. The Morgan fingerprint density at radius 1 is 1.20 bits per heavy atom. The Kier molecular flexibility index (Phi) is 3.66. The molecular weight excluding hydrogens is 184 g/mol. The van der Waals surface area contributed by atoms with E-state index in [1.54, 1.807) is 0 Å². The summed E-state index contributed by atoms with van der Waals surface area (Å²) >= 11 is 0. The van der Waals surface area contributed by atoms with E-state index >= 15 is 0 Å². The lowest BCUT2D eigenvalue weighted by atomic mass is 9.78. The highest BCUT2D eigenvalue weighted by Gasteiger charge is 2.33. The van der Waals surface area contributed by atoms with E-state index in [2.05, 4.69) is 11.8 Å². The van der Waals surface area contributed by atoms with Crippen molar-refractivity contribution in [2.45, 2.75) is 64.3 Å². The molecule has 2 fully saturated rings. The van der Waals surface area contributed by atoms with Crippen LogP contribution in [0.5, 0.6) is 0 Å². The van der Waals surface area contributed by atoms with Gasteiger partial charge >= 0.3 is 0 Å². The van der Waals surface area contributed by atoms with Crippen LogP contribution in [0, 0.1) is 11.3 Å². The maximum Gasteiger partial charge on any atom is 0.0960 e. The van der Waals surface area contributed by atoms with Gasteiger partial charge in [-0.2, -0.15) is 0 Å². The first-order chi connectivity index (χ1) is 7.33. The molecule has 2 heteroatoms. The lowest BCUT2D eigenvalue weighted by Crippen LogP contribution is -2.49. The van der Waals surface area contributed by atoms with Gasteiger partial charge in [0.2, 0.25) is 0 Å². The highest BCUT2D eigenvalue weighted by Crippen LogP contribution is 2.35. The minimum atomic E-state index is 0.728. The Morgan fingerprint density at radius 3 is 2.73 bits per heavy atom. The third-order valence-electron chi connectivity index (χ3n) is 4.08. The third kappa shape index (κ3) is 2.35. The molecule has 15 heavy (non-hydrogen) atoms. The standard InChI is InChI=1S/C13H24N2/c1-2-6-13(14)15-10-5-8-11-7-3-4-9-12(11)15/h11-12,14H,2-10H2,1H3. The first-order valence-electron chi connectivity index (χ1n) is 6.67. The summed E-state index contributed by atoms with van der Waals surface area (Å²) < 4.78 is 0. The van der Waals surface area contributed by atoms with Gasteiger partial charge in [0, 0.05) is 19.0 Å². The number of piperidine rings is 1. The molecule has 0 aromatic rings. The molecule has 0 spiro atoms. The van der Waals surface area contributed by atoms with Gasteiger partial charge < -0.3 is 4.90 Å². The van der Waals surface area contributed by atoms with Crippen LogP contribution in [-0.2, 0) is 0 Å². The quantitative estimate of drug-likeness (QED) is 0.546. The second-order valence-electron chi connectivity index (χ2n) is 5.14. The van der Waals surface area contributed by atoms with E-state index in [1.165, 1.54) is 38.5 Å². The van der Waals surface area contributed by atoms with Crippen LogP contribution in [-0.4, -0.2) is 23.3 Å². The first-order valence-corrected chi connectivity index (χ1v) is 6.67. The van der Waals surface area contributed by atoms with Crippen LogP contribution in [0.1, 0.15) is 58.3 Å². The van der Waals surface area contributed by atoms with Crippen molar-refractivity contribution in [3.8, 4) is 0 Å². The molecule has 1 heterocycles. The highest BCUT2D eigenvalue weighted by atomic mass is 15.2. The number of hydrogen-bond donors (Lipinski definition) is 1. The summed E-state index contributed by atoms with van der Waals surface area (Å²) in [7, 11) is 0. The molecule has 2 atom stereocenters. The Morgan fingerprint density at radius 2 is 1.93 bits per heavy atom. The van der Waals surface area contributed by atoms with Crippen LogP contribution >= 0.6 is 0 Å². The number of hydrogen-bond acceptors (Lipinski definition) is 1. The van der Waals surface area contributed by atoms with Crippen molar-refractivity contribution in [1.82, 2.24) is 4.90 Å². The fraction of sp³-hybridized carbons (Fsp3) is 0.923. The summed E-state index contributed by atoms with van der Waals surface area (Å²) in [5.74, 6) is 1.82. The molecule has 1 aliphatic heterocycles. The van der Waals surface area contributed by atoms with Crippen LogP contribution < -0.4 is 0 Å². The zero-order chi connectivity index (χ0) is 10.7. The monoisotopic (exact) mass is 208 g/mol. The zero-order valence-corrected chi connectivity index (χ0v) is 9.97. The molecule has 1 N–H and O–H groups in total. The Hall–Kier alpha value is -0.530. The normalized spacial score (nSPS) is 31.1. The van der Waals surface area contributed by atoms with Crippen LogP contribution in [0.4, 0.5) is 0 Å². The molecule has 1 aliphatic carbocycles. The van der Waals surface area contributed by atoms with E-state index in [4.69, 9.17) is 5.41 Å². The number of fused-ring (bicyclic) bond motifs is 1. The largest absolute Gasteiger partial charge is 0.357 e. The minimum Gasteiger partial charge on any atom is -0.357 e. The topological polar surface area (TPSA) is 27.1 Å². The van der Waals surface area contributed by atoms with Gasteiger partial charge in [0.1, 0.15) is 0 Å². The van der Waals surface area contributed by atoms with E-state index in [9.17, 15) is 0 Å². The summed E-state index contributed by atoms with van der Waals surface area (Å²) in [6.45, 7) is 3.33. The van der Waals surface area contributed by atoms with E-state index in [0.29, 0.717) is 0 Å². The molecule has 0 bridgehead atoms. The minimum absolute atomic E-state index is 0.728. The zero-order valence-electron chi connectivity index (χ0n) is 9.97. The van der Waals surface area contributed by atoms with Gasteiger partial charge in [0.05, 0.1) is 5.84 Å². The number of nitrogens with one attached hydrogen (secondary N) is 1. The van der Waals surface area contributed by atoms with Crippen LogP contribution in [0.15, 0.2) is 0 Å². The molecule has 2 nitrogen and oxygen atoms in total. The predicted molar refractivity (Wildman–Crippen MR) is 64.3 cm³/mol. The lowest BCUT2D eigenvalue weighted by molar-refractivity contribution is 0.116. The molecule has 0 amide bonds. The fourth-order valence-electron chi connectivity index (χ4n) is 3.34. The van der Waals surface area contributed by atoms with Crippen molar-refractivity contribution in [2.24, 2.45) is 5.92 Å². The van der Waals surface area contributed by atoms with Gasteiger partial charge in [0.25, 0.3) is 0 Å². The number of rotatable bonds is 2. The molecule has 2 rings (SSSR count). The van der Waals surface area contributed by atoms with Gasteiger partial charge in [-0.3, -0.25) is 5.41 Å². The number of likely N-dealkylation sites (tertiary alicyclic amines) is 1. The smallest absolute Gasteiger partial charge is 0.0960 e. The molecule has 0 aromatic heterocycles. The highest BCUT2D eigenvalue weighted by molar-refractivity contribution is 5.79.